The highest BCUT2D eigenvalue weighted by Gasteiger charge is 2.25. The van der Waals surface area contributed by atoms with Gasteiger partial charge < -0.3 is 14.2 Å². The lowest BCUT2D eigenvalue weighted by Crippen LogP contribution is -2.25. The molecular formula is C19H19NO4. The van der Waals surface area contributed by atoms with Crippen LogP contribution < -0.4 is 9.47 Å². The smallest absolute Gasteiger partial charge is 0.191 e. The first kappa shape index (κ1) is 17.5. The van der Waals surface area contributed by atoms with Crippen molar-refractivity contribution >= 4 is 5.78 Å². The molecule has 24 heavy (non-hydrogen) atoms. The van der Waals surface area contributed by atoms with E-state index in [-0.39, 0.29) is 11.7 Å². The van der Waals surface area contributed by atoms with E-state index in [0.29, 0.717) is 17.1 Å². The minimum Gasteiger partial charge on any atom is -0.493 e. The molecule has 0 aromatic heterocycles. The van der Waals surface area contributed by atoms with Crippen molar-refractivity contribution in [2.45, 2.75) is 5.60 Å². The normalized spacial score (nSPS) is 22.3. The molecule has 1 aromatic carbocycles. The van der Waals surface area contributed by atoms with Crippen molar-refractivity contribution in [3.63, 3.8) is 0 Å². The maximum atomic E-state index is 12.4. The van der Waals surface area contributed by atoms with Crippen molar-refractivity contribution in [2.24, 2.45) is 5.92 Å². The van der Waals surface area contributed by atoms with Gasteiger partial charge in [0.05, 0.1) is 19.8 Å². The van der Waals surface area contributed by atoms with Gasteiger partial charge in [-0.1, -0.05) is 24.3 Å². The molecule has 0 N–H and O–H groups in total. The summed E-state index contributed by atoms with van der Waals surface area (Å²) in [6.45, 7) is 0. The molecule has 0 aliphatic heterocycles. The van der Waals surface area contributed by atoms with E-state index in [9.17, 15) is 4.79 Å². The van der Waals surface area contributed by atoms with Gasteiger partial charge in [0.2, 0.25) is 0 Å². The zero-order valence-electron chi connectivity index (χ0n) is 13.9. The van der Waals surface area contributed by atoms with Gasteiger partial charge in [-0.05, 0) is 30.4 Å². The molecule has 0 saturated heterocycles. The average Bonchev–Trinajstić information content (AvgIpc) is 2.65. The number of ether oxygens (including phenoxy) is 3. The number of rotatable bonds is 6. The predicted octanol–water partition coefficient (Wildman–Crippen LogP) is 3.09. The van der Waals surface area contributed by atoms with Gasteiger partial charge in [0.25, 0.3) is 0 Å². The second-order valence-corrected chi connectivity index (χ2v) is 5.17. The number of hydrogen-bond donors (Lipinski definition) is 0. The van der Waals surface area contributed by atoms with E-state index in [2.05, 4.69) is 6.07 Å². The summed E-state index contributed by atoms with van der Waals surface area (Å²) >= 11 is 0. The van der Waals surface area contributed by atoms with Crippen LogP contribution in [0.5, 0.6) is 11.5 Å². The fourth-order valence-corrected chi connectivity index (χ4v) is 2.38. The molecule has 0 amide bonds. The van der Waals surface area contributed by atoms with E-state index >= 15 is 0 Å². The lowest BCUT2D eigenvalue weighted by Gasteiger charge is -2.21. The first-order valence-electron chi connectivity index (χ1n) is 7.37. The third kappa shape index (κ3) is 3.55. The first-order chi connectivity index (χ1) is 11.6. The summed E-state index contributed by atoms with van der Waals surface area (Å²) in [7, 11) is 4.50. The number of hydrogen-bond acceptors (Lipinski definition) is 5. The van der Waals surface area contributed by atoms with Crippen LogP contribution in [0.4, 0.5) is 0 Å². The summed E-state index contributed by atoms with van der Waals surface area (Å²) < 4.78 is 15.6. The Labute approximate surface area is 141 Å². The largest absolute Gasteiger partial charge is 0.493 e. The number of benzene rings is 1. The number of methoxy groups -OCH3 is 3. The number of para-hydroxylation sites is 1. The Kier molecular flexibility index (Phi) is 5.56. The van der Waals surface area contributed by atoms with Crippen LogP contribution in [0.1, 0.15) is 10.4 Å². The molecule has 1 aliphatic carbocycles. The molecule has 0 saturated carbocycles. The Morgan fingerprint density at radius 2 is 1.92 bits per heavy atom. The molecule has 5 nitrogen and oxygen atoms in total. The minimum absolute atomic E-state index is 0.0813. The lowest BCUT2D eigenvalue weighted by molar-refractivity contribution is 0.104. The number of carbonyl (C=O) groups is 1. The average molecular weight is 325 g/mol. The maximum Gasteiger partial charge on any atom is 0.191 e. The number of nitrogens with zero attached hydrogens (tertiary/aromatic N) is 1. The van der Waals surface area contributed by atoms with Crippen LogP contribution in [0.3, 0.4) is 0 Å². The van der Waals surface area contributed by atoms with Crippen LogP contribution in [0, 0.1) is 17.2 Å². The van der Waals surface area contributed by atoms with Gasteiger partial charge in [-0.15, -0.1) is 0 Å². The number of nitriles is 1. The molecule has 0 unspecified atom stereocenters. The summed E-state index contributed by atoms with van der Waals surface area (Å²) in [5, 5.41) is 9.13. The van der Waals surface area contributed by atoms with Crippen LogP contribution in [0.25, 0.3) is 0 Å². The monoisotopic (exact) mass is 325 g/mol. The molecule has 0 radical (unpaired) electrons. The molecule has 0 atom stereocenters. The zero-order chi connectivity index (χ0) is 17.6. The van der Waals surface area contributed by atoms with Crippen molar-refractivity contribution in [3.05, 3.63) is 60.2 Å². The second kappa shape index (κ2) is 7.62. The summed E-state index contributed by atoms with van der Waals surface area (Å²) in [4.78, 5) is 12.4. The predicted molar refractivity (Wildman–Crippen MR) is 90.1 cm³/mol. The van der Waals surface area contributed by atoms with Crippen LogP contribution in [0.2, 0.25) is 0 Å². The van der Waals surface area contributed by atoms with Crippen LogP contribution in [-0.4, -0.2) is 32.7 Å². The van der Waals surface area contributed by atoms with E-state index in [1.807, 2.05) is 12.2 Å². The highest BCUT2D eigenvalue weighted by molar-refractivity contribution is 6.07. The van der Waals surface area contributed by atoms with Crippen LogP contribution >= 0.6 is 0 Å². The molecule has 1 aliphatic rings. The van der Waals surface area contributed by atoms with E-state index < -0.39 is 5.60 Å². The van der Waals surface area contributed by atoms with Crippen molar-refractivity contribution in [3.8, 4) is 17.6 Å². The van der Waals surface area contributed by atoms with E-state index in [0.717, 1.165) is 0 Å². The van der Waals surface area contributed by atoms with Gasteiger partial charge in [0.15, 0.2) is 22.9 Å². The zero-order valence-corrected chi connectivity index (χ0v) is 13.9. The van der Waals surface area contributed by atoms with Crippen LogP contribution in [0.15, 0.2) is 54.7 Å². The van der Waals surface area contributed by atoms with Crippen molar-refractivity contribution in [2.75, 3.05) is 21.3 Å². The molecule has 124 valence electrons. The summed E-state index contributed by atoms with van der Waals surface area (Å²) in [6.07, 6.45) is 10.2. The minimum atomic E-state index is -1.02. The van der Waals surface area contributed by atoms with Gasteiger partial charge in [-0.2, -0.15) is 5.26 Å². The van der Waals surface area contributed by atoms with Crippen molar-refractivity contribution in [1.29, 1.82) is 5.26 Å². The summed E-state index contributed by atoms with van der Waals surface area (Å²) in [6, 6.07) is 7.25. The second-order valence-electron chi connectivity index (χ2n) is 5.17. The Morgan fingerprint density at radius 1 is 1.21 bits per heavy atom. The van der Waals surface area contributed by atoms with E-state index in [1.165, 1.54) is 27.4 Å². The van der Waals surface area contributed by atoms with Crippen molar-refractivity contribution < 1.29 is 19.0 Å². The molecule has 2 rings (SSSR count). The Bertz CT molecular complexity index is 726. The number of allylic oxidation sites excluding steroid dienone is 4. The lowest BCUT2D eigenvalue weighted by atomic mass is 9.92. The third-order valence-electron chi connectivity index (χ3n) is 3.78. The van der Waals surface area contributed by atoms with Gasteiger partial charge in [-0.3, -0.25) is 4.79 Å². The summed E-state index contributed by atoms with van der Waals surface area (Å²) in [5.74, 6) is 0.652. The van der Waals surface area contributed by atoms with E-state index in [1.54, 1.807) is 36.4 Å². The number of carbonyl (C=O) groups excluding carboxylic acids is 1. The van der Waals surface area contributed by atoms with Crippen molar-refractivity contribution in [1.82, 2.24) is 0 Å². The Balaban J connectivity index is 2.16. The van der Waals surface area contributed by atoms with E-state index in [4.69, 9.17) is 19.5 Å². The Morgan fingerprint density at radius 3 is 2.46 bits per heavy atom. The topological polar surface area (TPSA) is 68.6 Å². The van der Waals surface area contributed by atoms with Crippen LogP contribution in [-0.2, 0) is 4.74 Å². The first-order valence-corrected chi connectivity index (χ1v) is 7.37. The van der Waals surface area contributed by atoms with Gasteiger partial charge in [-0.25, -0.2) is 0 Å². The number of ketones is 1. The standard InChI is InChI=1S/C19H19NO4/c1-22-17-6-4-5-15(18(17)23-2)16(21)8-7-14-9-11-19(13-20,24-3)12-10-14/h4-12,14H,1-3H3/b8-7+. The molecule has 1 aromatic rings. The highest BCUT2D eigenvalue weighted by Crippen LogP contribution is 2.31. The fourth-order valence-electron chi connectivity index (χ4n) is 2.38. The quantitative estimate of drug-likeness (QED) is 0.457. The fraction of sp³-hybridized carbons (Fsp3) is 0.263. The maximum absolute atomic E-state index is 12.4. The highest BCUT2D eigenvalue weighted by atomic mass is 16.5. The molecule has 0 bridgehead atoms. The SMILES string of the molecule is COc1cccc(C(=O)/C=C/C2C=CC(C#N)(OC)C=C2)c1OC. The molecule has 5 heteroatoms. The molecule has 0 heterocycles. The van der Waals surface area contributed by atoms with Gasteiger partial charge >= 0.3 is 0 Å². The molecule has 0 spiro atoms. The summed E-state index contributed by atoms with van der Waals surface area (Å²) in [5.41, 5.74) is -0.593. The van der Waals surface area contributed by atoms with Gasteiger partial charge in [0, 0.05) is 13.0 Å². The molecule has 0 fully saturated rings. The Hall–Kier alpha value is -2.84. The third-order valence-corrected chi connectivity index (χ3v) is 3.78. The molecular weight excluding hydrogens is 306 g/mol. The van der Waals surface area contributed by atoms with Gasteiger partial charge in [0.1, 0.15) is 6.07 Å².